The lowest BCUT2D eigenvalue weighted by atomic mass is 9.94. The van der Waals surface area contributed by atoms with Crippen molar-refractivity contribution in [2.24, 2.45) is 13.0 Å². The number of aromatic nitrogens is 2. The van der Waals surface area contributed by atoms with Crippen LogP contribution in [0.5, 0.6) is 0 Å². The Kier molecular flexibility index (Phi) is 5.42. The molecule has 0 saturated carbocycles. The van der Waals surface area contributed by atoms with Crippen molar-refractivity contribution in [2.75, 3.05) is 0 Å². The molecule has 0 N–H and O–H groups in total. The van der Waals surface area contributed by atoms with Gasteiger partial charge in [-0.05, 0) is 68.0 Å². The summed E-state index contributed by atoms with van der Waals surface area (Å²) in [5.41, 5.74) is 11.2. The summed E-state index contributed by atoms with van der Waals surface area (Å²) in [7, 11) is 2.16. The molecule has 0 aliphatic rings. The van der Waals surface area contributed by atoms with Gasteiger partial charge in [-0.25, -0.2) is 0 Å². The number of rotatable bonds is 4. The van der Waals surface area contributed by atoms with Crippen molar-refractivity contribution in [1.82, 2.24) is 4.98 Å². The molecule has 0 aliphatic carbocycles. The van der Waals surface area contributed by atoms with Crippen LogP contribution >= 0.6 is 0 Å². The minimum Gasteiger partial charge on any atom is -0.256 e. The first-order valence-corrected chi connectivity index (χ1v) is 10.8. The molecule has 0 aliphatic heterocycles. The average Bonchev–Trinajstić information content (AvgIpc) is 2.72. The van der Waals surface area contributed by atoms with Gasteiger partial charge in [-0.1, -0.05) is 43.7 Å². The topological polar surface area (TPSA) is 16.8 Å². The Morgan fingerprint density at radius 3 is 2.37 bits per heavy atom. The predicted octanol–water partition coefficient (Wildman–Crippen LogP) is 6.52. The third-order valence-corrected chi connectivity index (χ3v) is 6.03. The van der Waals surface area contributed by atoms with Gasteiger partial charge < -0.3 is 0 Å². The van der Waals surface area contributed by atoms with Crippen LogP contribution in [0.15, 0.2) is 60.8 Å². The molecule has 0 saturated heterocycles. The minimum atomic E-state index is 0.633. The van der Waals surface area contributed by atoms with E-state index in [2.05, 4.69) is 101 Å². The van der Waals surface area contributed by atoms with Crippen LogP contribution in [0.4, 0.5) is 0 Å². The number of pyridine rings is 2. The van der Waals surface area contributed by atoms with E-state index in [-0.39, 0.29) is 0 Å². The number of para-hydroxylation sites is 1. The normalized spacial score (nSPS) is 11.4. The summed E-state index contributed by atoms with van der Waals surface area (Å²) >= 11 is 0. The van der Waals surface area contributed by atoms with Gasteiger partial charge in [-0.15, -0.1) is 0 Å². The zero-order valence-corrected chi connectivity index (χ0v) is 19.0. The number of fused-ring (bicyclic) bond motifs is 1. The van der Waals surface area contributed by atoms with Gasteiger partial charge in [-0.3, -0.25) is 4.98 Å². The Morgan fingerprint density at radius 1 is 0.900 bits per heavy atom. The lowest BCUT2D eigenvalue weighted by Crippen LogP contribution is -2.32. The lowest BCUT2D eigenvalue weighted by molar-refractivity contribution is -0.633. The predicted molar refractivity (Wildman–Crippen MR) is 127 cm³/mol. The maximum atomic E-state index is 4.86. The van der Waals surface area contributed by atoms with E-state index >= 15 is 0 Å². The van der Waals surface area contributed by atoms with Crippen LogP contribution in [-0.4, -0.2) is 4.98 Å². The standard InChI is InChI=1S/C28H31N2/c1-18(2)13-22-11-12-26(29-17-22)25-16-28(24-15-19(3)14-20(4)21(24)5)30(6)27-10-8-7-9-23(25)27/h7-12,14-18H,13H2,1-6H3/q+1. The molecule has 152 valence electrons. The second kappa shape index (κ2) is 8.02. The SMILES string of the molecule is Cc1cc(C)c(C)c(-c2cc(-c3ccc(CC(C)C)cn3)c3ccccc3[n+]2C)c1. The molecule has 0 spiro atoms. The fourth-order valence-corrected chi connectivity index (χ4v) is 4.39. The van der Waals surface area contributed by atoms with Crippen LogP contribution in [0.1, 0.15) is 36.1 Å². The maximum Gasteiger partial charge on any atom is 0.213 e. The summed E-state index contributed by atoms with van der Waals surface area (Å²) in [6.45, 7) is 11.1. The molecule has 0 bridgehead atoms. The van der Waals surface area contributed by atoms with Crippen molar-refractivity contribution in [3.63, 3.8) is 0 Å². The minimum absolute atomic E-state index is 0.633. The first-order chi connectivity index (χ1) is 14.3. The number of hydrogen-bond acceptors (Lipinski definition) is 1. The van der Waals surface area contributed by atoms with Crippen molar-refractivity contribution in [1.29, 1.82) is 0 Å². The Labute approximate surface area is 180 Å². The van der Waals surface area contributed by atoms with E-state index in [0.717, 1.165) is 12.1 Å². The van der Waals surface area contributed by atoms with E-state index in [0.29, 0.717) is 5.92 Å². The van der Waals surface area contributed by atoms with Crippen molar-refractivity contribution in [3.05, 3.63) is 83.0 Å². The molecule has 0 fully saturated rings. The Bertz CT molecular complexity index is 1220. The first kappa shape index (κ1) is 20.3. The molecule has 2 nitrogen and oxygen atoms in total. The molecular weight excluding hydrogens is 364 g/mol. The van der Waals surface area contributed by atoms with E-state index in [1.54, 1.807) is 0 Å². The highest BCUT2D eigenvalue weighted by molar-refractivity contribution is 5.93. The third-order valence-electron chi connectivity index (χ3n) is 6.03. The average molecular weight is 396 g/mol. The van der Waals surface area contributed by atoms with E-state index in [1.807, 2.05) is 6.20 Å². The number of nitrogens with zero attached hydrogens (tertiary/aromatic N) is 2. The van der Waals surface area contributed by atoms with Crippen LogP contribution in [0.25, 0.3) is 33.4 Å². The highest BCUT2D eigenvalue weighted by atomic mass is 14.9. The van der Waals surface area contributed by atoms with Crippen LogP contribution < -0.4 is 4.57 Å². The summed E-state index contributed by atoms with van der Waals surface area (Å²) < 4.78 is 2.31. The van der Waals surface area contributed by atoms with E-state index in [9.17, 15) is 0 Å². The molecular formula is C28H31N2+. The monoisotopic (exact) mass is 395 g/mol. The molecule has 0 unspecified atom stereocenters. The van der Waals surface area contributed by atoms with Gasteiger partial charge in [0.05, 0.1) is 11.1 Å². The van der Waals surface area contributed by atoms with Gasteiger partial charge in [0.2, 0.25) is 11.2 Å². The Balaban J connectivity index is 1.96. The second-order valence-electron chi connectivity index (χ2n) is 8.92. The smallest absolute Gasteiger partial charge is 0.213 e. The molecule has 0 radical (unpaired) electrons. The van der Waals surface area contributed by atoms with Gasteiger partial charge in [-0.2, -0.15) is 4.57 Å². The number of benzene rings is 2. The van der Waals surface area contributed by atoms with E-state index < -0.39 is 0 Å². The summed E-state index contributed by atoms with van der Waals surface area (Å²) in [5.74, 6) is 0.633. The second-order valence-corrected chi connectivity index (χ2v) is 8.92. The van der Waals surface area contributed by atoms with Crippen molar-refractivity contribution in [3.8, 4) is 22.5 Å². The third kappa shape index (κ3) is 3.75. The van der Waals surface area contributed by atoms with E-state index in [4.69, 9.17) is 4.98 Å². The summed E-state index contributed by atoms with van der Waals surface area (Å²) in [5, 5.41) is 1.23. The summed E-state index contributed by atoms with van der Waals surface area (Å²) in [6, 6.07) is 19.9. The van der Waals surface area contributed by atoms with Crippen molar-refractivity contribution in [2.45, 2.75) is 41.0 Å². The van der Waals surface area contributed by atoms with Gasteiger partial charge in [0.25, 0.3) is 0 Å². The van der Waals surface area contributed by atoms with Crippen LogP contribution in [0, 0.1) is 26.7 Å². The molecule has 0 amide bonds. The zero-order chi connectivity index (χ0) is 21.4. The first-order valence-electron chi connectivity index (χ1n) is 10.8. The van der Waals surface area contributed by atoms with Crippen molar-refractivity contribution < 1.29 is 4.57 Å². The molecule has 2 aromatic carbocycles. The van der Waals surface area contributed by atoms with Crippen LogP contribution in [-0.2, 0) is 13.5 Å². The van der Waals surface area contributed by atoms with Gasteiger partial charge >= 0.3 is 0 Å². The highest BCUT2D eigenvalue weighted by Gasteiger charge is 2.21. The zero-order valence-electron chi connectivity index (χ0n) is 19.0. The van der Waals surface area contributed by atoms with Gasteiger partial charge in [0.1, 0.15) is 7.05 Å². The maximum absolute atomic E-state index is 4.86. The van der Waals surface area contributed by atoms with E-state index in [1.165, 1.54) is 50.0 Å². The Hall–Kier alpha value is -3.00. The molecule has 4 rings (SSSR count). The molecule has 0 atom stereocenters. The fraction of sp³-hybridized carbons (Fsp3) is 0.286. The summed E-state index contributed by atoms with van der Waals surface area (Å²) in [4.78, 5) is 4.86. The van der Waals surface area contributed by atoms with Crippen LogP contribution in [0.2, 0.25) is 0 Å². The van der Waals surface area contributed by atoms with Gasteiger partial charge in [0, 0.05) is 29.5 Å². The number of hydrogen-bond donors (Lipinski definition) is 0. The molecule has 4 aromatic rings. The quantitative estimate of drug-likeness (QED) is 0.360. The summed E-state index contributed by atoms with van der Waals surface area (Å²) in [6.07, 6.45) is 3.10. The molecule has 30 heavy (non-hydrogen) atoms. The fourth-order valence-electron chi connectivity index (χ4n) is 4.39. The molecule has 2 aromatic heterocycles. The van der Waals surface area contributed by atoms with Crippen molar-refractivity contribution >= 4 is 10.9 Å². The molecule has 2 heterocycles. The lowest BCUT2D eigenvalue weighted by Gasteiger charge is -2.13. The largest absolute Gasteiger partial charge is 0.256 e. The molecule has 2 heteroatoms. The van der Waals surface area contributed by atoms with Gasteiger partial charge in [0.15, 0.2) is 0 Å². The number of aryl methyl sites for hydroxylation is 3. The Morgan fingerprint density at radius 2 is 1.67 bits per heavy atom. The highest BCUT2D eigenvalue weighted by Crippen LogP contribution is 2.32. The van der Waals surface area contributed by atoms with Crippen LogP contribution in [0.3, 0.4) is 0 Å².